The number of nitrogens with one attached hydrogen (secondary N) is 2. The number of carbonyl (C=O) groups is 3. The highest BCUT2D eigenvalue weighted by Crippen LogP contribution is 2.23. The lowest BCUT2D eigenvalue weighted by molar-refractivity contribution is -0.129. The SMILES string of the molecule is COC(=O)c1ccc(NC(=O)N2CCNC(=O)[C@@H]2C(C)C)cc1Cl. The Morgan fingerprint density at radius 3 is 2.71 bits per heavy atom. The van der Waals surface area contributed by atoms with Crippen molar-refractivity contribution in [3.8, 4) is 0 Å². The summed E-state index contributed by atoms with van der Waals surface area (Å²) in [6, 6.07) is 3.60. The molecular weight excluding hydrogens is 334 g/mol. The number of benzene rings is 1. The third-order valence-electron chi connectivity index (χ3n) is 3.77. The van der Waals surface area contributed by atoms with Gasteiger partial charge in [-0.1, -0.05) is 25.4 Å². The van der Waals surface area contributed by atoms with Gasteiger partial charge in [-0.2, -0.15) is 0 Å². The first-order valence-corrected chi connectivity index (χ1v) is 7.96. The van der Waals surface area contributed by atoms with Crippen LogP contribution in [0.2, 0.25) is 5.02 Å². The van der Waals surface area contributed by atoms with Crippen LogP contribution in [-0.2, 0) is 9.53 Å². The van der Waals surface area contributed by atoms with E-state index in [4.69, 9.17) is 11.6 Å². The molecule has 0 spiro atoms. The molecule has 3 amide bonds. The molecule has 1 aliphatic rings. The maximum Gasteiger partial charge on any atom is 0.339 e. The van der Waals surface area contributed by atoms with Gasteiger partial charge in [-0.25, -0.2) is 9.59 Å². The van der Waals surface area contributed by atoms with E-state index in [1.54, 1.807) is 6.07 Å². The molecule has 0 radical (unpaired) electrons. The minimum Gasteiger partial charge on any atom is -0.465 e. The standard InChI is InChI=1S/C16H20ClN3O4/c1-9(2)13-14(21)18-6-7-20(13)16(23)19-10-4-5-11(12(17)8-10)15(22)24-3/h4-5,8-9,13H,6-7H2,1-3H3,(H,18,21)(H,19,23)/t13-/m0/s1. The molecule has 0 aromatic heterocycles. The number of piperazine rings is 1. The first kappa shape index (κ1) is 18.1. The van der Waals surface area contributed by atoms with E-state index in [2.05, 4.69) is 15.4 Å². The molecule has 0 unspecified atom stereocenters. The molecule has 130 valence electrons. The molecule has 0 bridgehead atoms. The molecule has 0 aliphatic carbocycles. The number of esters is 1. The van der Waals surface area contributed by atoms with Crippen LogP contribution in [0.3, 0.4) is 0 Å². The van der Waals surface area contributed by atoms with Gasteiger partial charge < -0.3 is 20.3 Å². The van der Waals surface area contributed by atoms with E-state index in [0.29, 0.717) is 18.8 Å². The third-order valence-corrected chi connectivity index (χ3v) is 4.09. The molecule has 8 heteroatoms. The number of carbonyl (C=O) groups excluding carboxylic acids is 3. The van der Waals surface area contributed by atoms with Crippen molar-refractivity contribution in [3.63, 3.8) is 0 Å². The molecular formula is C16H20ClN3O4. The fourth-order valence-electron chi connectivity index (χ4n) is 2.64. The molecule has 1 aromatic carbocycles. The molecule has 1 saturated heterocycles. The van der Waals surface area contributed by atoms with E-state index in [1.165, 1.54) is 24.1 Å². The number of nitrogens with zero attached hydrogens (tertiary/aromatic N) is 1. The van der Waals surface area contributed by atoms with Crippen LogP contribution >= 0.6 is 11.6 Å². The normalized spacial score (nSPS) is 17.5. The first-order chi connectivity index (χ1) is 11.3. The summed E-state index contributed by atoms with van der Waals surface area (Å²) in [6.07, 6.45) is 0. The van der Waals surface area contributed by atoms with Crippen LogP contribution in [0.5, 0.6) is 0 Å². The minimum atomic E-state index is -0.551. The summed E-state index contributed by atoms with van der Waals surface area (Å²) in [6.45, 7) is 4.61. The van der Waals surface area contributed by atoms with Crippen LogP contribution in [-0.4, -0.2) is 49.0 Å². The van der Waals surface area contributed by atoms with Crippen molar-refractivity contribution in [2.45, 2.75) is 19.9 Å². The minimum absolute atomic E-state index is 0.0126. The van der Waals surface area contributed by atoms with Crippen molar-refractivity contribution in [3.05, 3.63) is 28.8 Å². The van der Waals surface area contributed by atoms with Gasteiger partial charge >= 0.3 is 12.0 Å². The number of ether oxygens (including phenoxy) is 1. The molecule has 2 N–H and O–H groups in total. The molecule has 1 fully saturated rings. The third kappa shape index (κ3) is 3.79. The average molecular weight is 354 g/mol. The van der Waals surface area contributed by atoms with Crippen LogP contribution in [0.25, 0.3) is 0 Å². The maximum atomic E-state index is 12.5. The van der Waals surface area contributed by atoms with Crippen molar-refractivity contribution < 1.29 is 19.1 Å². The lowest BCUT2D eigenvalue weighted by Gasteiger charge is -2.37. The highest BCUT2D eigenvalue weighted by molar-refractivity contribution is 6.34. The van der Waals surface area contributed by atoms with Crippen molar-refractivity contribution in [2.75, 3.05) is 25.5 Å². The number of halogens is 1. The summed E-state index contributed by atoms with van der Waals surface area (Å²) in [5.74, 6) is -0.725. The second-order valence-electron chi connectivity index (χ2n) is 5.79. The van der Waals surface area contributed by atoms with Crippen LogP contribution in [0, 0.1) is 5.92 Å². The molecule has 0 saturated carbocycles. The van der Waals surface area contributed by atoms with Crippen LogP contribution in [0.1, 0.15) is 24.2 Å². The highest BCUT2D eigenvalue weighted by atomic mass is 35.5. The molecule has 7 nitrogen and oxygen atoms in total. The van der Waals surface area contributed by atoms with Crippen molar-refractivity contribution in [2.24, 2.45) is 5.92 Å². The van der Waals surface area contributed by atoms with E-state index in [1.807, 2.05) is 13.8 Å². The molecule has 24 heavy (non-hydrogen) atoms. The first-order valence-electron chi connectivity index (χ1n) is 7.58. The monoisotopic (exact) mass is 353 g/mol. The van der Waals surface area contributed by atoms with Crippen LogP contribution < -0.4 is 10.6 Å². The number of rotatable bonds is 3. The second kappa shape index (κ2) is 7.53. The van der Waals surface area contributed by atoms with E-state index >= 15 is 0 Å². The van der Waals surface area contributed by atoms with E-state index in [-0.39, 0.29) is 28.4 Å². The molecule has 1 heterocycles. The summed E-state index contributed by atoms with van der Waals surface area (Å²) in [7, 11) is 1.27. The predicted molar refractivity (Wildman–Crippen MR) is 90.2 cm³/mol. The maximum absolute atomic E-state index is 12.5. The van der Waals surface area contributed by atoms with Gasteiger partial charge in [0, 0.05) is 18.8 Å². The Labute approximate surface area is 145 Å². The summed E-state index contributed by atoms with van der Waals surface area (Å²) in [4.78, 5) is 37.5. The van der Waals surface area contributed by atoms with Gasteiger partial charge in [0.1, 0.15) is 6.04 Å². The van der Waals surface area contributed by atoms with Crippen LogP contribution in [0.4, 0.5) is 10.5 Å². The zero-order valence-corrected chi connectivity index (χ0v) is 14.5. The summed E-state index contributed by atoms with van der Waals surface area (Å²) >= 11 is 6.04. The number of hydrogen-bond donors (Lipinski definition) is 2. The summed E-state index contributed by atoms with van der Waals surface area (Å²) in [5.41, 5.74) is 0.653. The number of urea groups is 1. The Bertz CT molecular complexity index is 663. The Kier molecular flexibility index (Phi) is 5.66. The zero-order valence-electron chi connectivity index (χ0n) is 13.8. The Balaban J connectivity index is 2.15. The number of hydrogen-bond acceptors (Lipinski definition) is 4. The Hall–Kier alpha value is -2.28. The Morgan fingerprint density at radius 2 is 2.12 bits per heavy atom. The number of anilines is 1. The van der Waals surface area contributed by atoms with Gasteiger partial charge in [0.2, 0.25) is 5.91 Å². The van der Waals surface area contributed by atoms with E-state index in [0.717, 1.165) is 0 Å². The lowest BCUT2D eigenvalue weighted by atomic mass is 10.00. The van der Waals surface area contributed by atoms with Gasteiger partial charge in [-0.3, -0.25) is 4.79 Å². The molecule has 1 aliphatic heterocycles. The van der Waals surface area contributed by atoms with Gasteiger partial charge in [0.05, 0.1) is 17.7 Å². The molecule has 1 atom stereocenters. The van der Waals surface area contributed by atoms with E-state index in [9.17, 15) is 14.4 Å². The zero-order chi connectivity index (χ0) is 17.9. The lowest BCUT2D eigenvalue weighted by Crippen LogP contribution is -2.60. The van der Waals surface area contributed by atoms with Gasteiger partial charge in [0.25, 0.3) is 0 Å². The van der Waals surface area contributed by atoms with Crippen molar-refractivity contribution in [1.29, 1.82) is 0 Å². The van der Waals surface area contributed by atoms with Crippen molar-refractivity contribution in [1.82, 2.24) is 10.2 Å². The number of methoxy groups -OCH3 is 1. The number of amides is 3. The quantitative estimate of drug-likeness (QED) is 0.815. The summed E-state index contributed by atoms with van der Waals surface area (Å²) in [5, 5.41) is 5.65. The average Bonchev–Trinajstić information content (AvgIpc) is 2.53. The fourth-order valence-corrected chi connectivity index (χ4v) is 2.90. The van der Waals surface area contributed by atoms with Gasteiger partial charge in [0.15, 0.2) is 0 Å². The summed E-state index contributed by atoms with van der Waals surface area (Å²) < 4.78 is 4.62. The predicted octanol–water partition coefficient (Wildman–Crippen LogP) is 2.11. The van der Waals surface area contributed by atoms with Gasteiger partial charge in [-0.15, -0.1) is 0 Å². The smallest absolute Gasteiger partial charge is 0.339 e. The second-order valence-corrected chi connectivity index (χ2v) is 6.20. The fraction of sp³-hybridized carbons (Fsp3) is 0.438. The van der Waals surface area contributed by atoms with Crippen molar-refractivity contribution >= 4 is 35.2 Å². The topological polar surface area (TPSA) is 87.7 Å². The molecule has 1 aromatic rings. The highest BCUT2D eigenvalue weighted by Gasteiger charge is 2.35. The van der Waals surface area contributed by atoms with E-state index < -0.39 is 12.0 Å². The largest absolute Gasteiger partial charge is 0.465 e. The van der Waals surface area contributed by atoms with Crippen LogP contribution in [0.15, 0.2) is 18.2 Å². The van der Waals surface area contributed by atoms with Gasteiger partial charge in [-0.05, 0) is 24.1 Å². The Morgan fingerprint density at radius 1 is 1.42 bits per heavy atom. The molecule has 2 rings (SSSR count).